The minimum atomic E-state index is -1.20. The number of aliphatic carboxylic acids is 1. The highest BCUT2D eigenvalue weighted by molar-refractivity contribution is 5.91. The molecule has 0 saturated carbocycles. The number of carboxylic acid groups (broad SMARTS) is 1. The highest BCUT2D eigenvalue weighted by Gasteiger charge is 2.15. The van der Waals surface area contributed by atoms with Gasteiger partial charge in [0.05, 0.1) is 6.61 Å². The van der Waals surface area contributed by atoms with Crippen molar-refractivity contribution in [1.82, 2.24) is 0 Å². The van der Waals surface area contributed by atoms with Crippen LogP contribution in [-0.2, 0) is 9.53 Å². The van der Waals surface area contributed by atoms with Gasteiger partial charge in [-0.15, -0.1) is 0 Å². The van der Waals surface area contributed by atoms with Crippen molar-refractivity contribution in [3.8, 4) is 6.07 Å². The molecule has 0 aromatic carbocycles. The van der Waals surface area contributed by atoms with Gasteiger partial charge in [-0.3, -0.25) is 0 Å². The second-order valence-electron chi connectivity index (χ2n) is 3.52. The van der Waals surface area contributed by atoms with Gasteiger partial charge in [0.15, 0.2) is 5.57 Å². The quantitative estimate of drug-likeness (QED) is 0.298. The predicted octanol–water partition coefficient (Wildman–Crippen LogP) is 2.86. The van der Waals surface area contributed by atoms with Crippen molar-refractivity contribution in [1.29, 1.82) is 5.26 Å². The number of ether oxygens (including phenoxy) is 1. The Morgan fingerprint density at radius 2 is 1.94 bits per heavy atom. The molecule has 4 heteroatoms. The maximum Gasteiger partial charge on any atom is 0.349 e. The molecule has 0 bridgehead atoms. The molecule has 0 spiro atoms. The number of hydrogen-bond acceptors (Lipinski definition) is 3. The van der Waals surface area contributed by atoms with Gasteiger partial charge in [0.2, 0.25) is 0 Å². The van der Waals surface area contributed by atoms with Crippen molar-refractivity contribution < 1.29 is 14.6 Å². The maximum atomic E-state index is 10.8. The lowest BCUT2D eigenvalue weighted by Gasteiger charge is -2.10. The summed E-state index contributed by atoms with van der Waals surface area (Å²) in [5.41, 5.74) is -0.260. The predicted molar refractivity (Wildman–Crippen MR) is 60.7 cm³/mol. The number of carbonyl (C=O) groups is 1. The molecule has 0 saturated heterocycles. The van der Waals surface area contributed by atoms with E-state index < -0.39 is 5.97 Å². The van der Waals surface area contributed by atoms with Crippen molar-refractivity contribution in [2.24, 2.45) is 0 Å². The molecule has 0 aromatic heterocycles. The Morgan fingerprint density at radius 3 is 2.38 bits per heavy atom. The zero-order chi connectivity index (χ0) is 12.4. The standard InChI is InChI=1S/C12H19NO3/c1-3-5-7-11(16-8-6-4-2)10(9-13)12(14)15/h3-8H2,1-2H3,(H,14,15). The molecule has 0 radical (unpaired) electrons. The van der Waals surface area contributed by atoms with Crippen LogP contribution in [0.4, 0.5) is 0 Å². The topological polar surface area (TPSA) is 70.3 Å². The number of unbranched alkanes of at least 4 members (excludes halogenated alkanes) is 2. The molecule has 0 aromatic rings. The summed E-state index contributed by atoms with van der Waals surface area (Å²) in [6.07, 6.45) is 4.15. The van der Waals surface area contributed by atoms with Crippen LogP contribution in [0.5, 0.6) is 0 Å². The summed E-state index contributed by atoms with van der Waals surface area (Å²) in [5, 5.41) is 17.6. The van der Waals surface area contributed by atoms with Gasteiger partial charge < -0.3 is 9.84 Å². The zero-order valence-electron chi connectivity index (χ0n) is 9.95. The fraction of sp³-hybridized carbons (Fsp3) is 0.667. The summed E-state index contributed by atoms with van der Waals surface area (Å²) in [5.74, 6) is -0.879. The molecule has 16 heavy (non-hydrogen) atoms. The van der Waals surface area contributed by atoms with E-state index in [0.717, 1.165) is 25.7 Å². The molecule has 0 aliphatic heterocycles. The lowest BCUT2D eigenvalue weighted by Crippen LogP contribution is -2.06. The van der Waals surface area contributed by atoms with E-state index in [4.69, 9.17) is 15.1 Å². The van der Waals surface area contributed by atoms with Crippen LogP contribution in [0.25, 0.3) is 0 Å². The monoisotopic (exact) mass is 225 g/mol. The van der Waals surface area contributed by atoms with Crippen molar-refractivity contribution in [3.05, 3.63) is 11.3 Å². The van der Waals surface area contributed by atoms with Crippen LogP contribution < -0.4 is 0 Å². The first-order valence-electron chi connectivity index (χ1n) is 5.66. The van der Waals surface area contributed by atoms with E-state index in [-0.39, 0.29) is 5.57 Å². The van der Waals surface area contributed by atoms with E-state index >= 15 is 0 Å². The Labute approximate surface area is 96.5 Å². The molecule has 4 nitrogen and oxygen atoms in total. The lowest BCUT2D eigenvalue weighted by atomic mass is 10.1. The van der Waals surface area contributed by atoms with Crippen molar-refractivity contribution in [3.63, 3.8) is 0 Å². The van der Waals surface area contributed by atoms with E-state index in [2.05, 4.69) is 0 Å². The Bertz CT molecular complexity index is 289. The zero-order valence-corrected chi connectivity index (χ0v) is 9.95. The van der Waals surface area contributed by atoms with Gasteiger partial charge in [-0.25, -0.2) is 4.79 Å². The van der Waals surface area contributed by atoms with Crippen LogP contribution in [0.2, 0.25) is 0 Å². The third-order valence-corrected chi connectivity index (χ3v) is 2.14. The van der Waals surface area contributed by atoms with Gasteiger partial charge in [-0.1, -0.05) is 26.7 Å². The van der Waals surface area contributed by atoms with Crippen molar-refractivity contribution >= 4 is 5.97 Å². The first-order chi connectivity index (χ1) is 7.67. The van der Waals surface area contributed by atoms with Crippen LogP contribution in [0.1, 0.15) is 46.0 Å². The van der Waals surface area contributed by atoms with Gasteiger partial charge in [0.25, 0.3) is 0 Å². The van der Waals surface area contributed by atoms with Crippen LogP contribution in [0.15, 0.2) is 11.3 Å². The third kappa shape index (κ3) is 5.40. The Kier molecular flexibility index (Phi) is 7.96. The average Bonchev–Trinajstić information content (AvgIpc) is 2.25. The number of carboxylic acids is 1. The molecule has 0 unspecified atom stereocenters. The summed E-state index contributed by atoms with van der Waals surface area (Å²) < 4.78 is 5.38. The van der Waals surface area contributed by atoms with Gasteiger partial charge in [0.1, 0.15) is 11.8 Å². The van der Waals surface area contributed by atoms with E-state index in [1.807, 2.05) is 13.8 Å². The van der Waals surface area contributed by atoms with E-state index in [1.54, 1.807) is 6.07 Å². The number of hydrogen-bond donors (Lipinski definition) is 1. The maximum absolute atomic E-state index is 10.8. The Balaban J connectivity index is 4.62. The second-order valence-corrected chi connectivity index (χ2v) is 3.52. The summed E-state index contributed by atoms with van der Waals surface area (Å²) in [6.45, 7) is 4.52. The number of allylic oxidation sites excluding steroid dienone is 1. The summed E-state index contributed by atoms with van der Waals surface area (Å²) in [7, 11) is 0. The van der Waals surface area contributed by atoms with Crippen LogP contribution in [-0.4, -0.2) is 17.7 Å². The molecular weight excluding hydrogens is 206 g/mol. The Hall–Kier alpha value is -1.50. The molecule has 1 N–H and O–H groups in total. The lowest BCUT2D eigenvalue weighted by molar-refractivity contribution is -0.132. The van der Waals surface area contributed by atoms with Gasteiger partial charge in [0, 0.05) is 6.42 Å². The van der Waals surface area contributed by atoms with Gasteiger partial charge >= 0.3 is 5.97 Å². The van der Waals surface area contributed by atoms with Crippen LogP contribution >= 0.6 is 0 Å². The van der Waals surface area contributed by atoms with Gasteiger partial charge in [-0.2, -0.15) is 5.26 Å². The smallest absolute Gasteiger partial charge is 0.349 e. The molecule has 0 aliphatic carbocycles. The van der Waals surface area contributed by atoms with E-state index in [1.165, 1.54) is 0 Å². The normalized spacial score (nSPS) is 11.6. The highest BCUT2D eigenvalue weighted by Crippen LogP contribution is 2.15. The molecule has 0 fully saturated rings. The molecule has 0 rings (SSSR count). The number of nitrogens with zero attached hydrogens (tertiary/aromatic N) is 1. The fourth-order valence-corrected chi connectivity index (χ4v) is 1.18. The fourth-order valence-electron chi connectivity index (χ4n) is 1.18. The first kappa shape index (κ1) is 14.5. The molecule has 90 valence electrons. The largest absolute Gasteiger partial charge is 0.496 e. The van der Waals surface area contributed by atoms with E-state index in [9.17, 15) is 4.79 Å². The van der Waals surface area contributed by atoms with Crippen molar-refractivity contribution in [2.75, 3.05) is 6.61 Å². The van der Waals surface area contributed by atoms with Gasteiger partial charge in [-0.05, 0) is 12.8 Å². The van der Waals surface area contributed by atoms with Crippen molar-refractivity contribution in [2.45, 2.75) is 46.0 Å². The first-order valence-corrected chi connectivity index (χ1v) is 5.66. The Morgan fingerprint density at radius 1 is 1.31 bits per heavy atom. The SMILES string of the molecule is CCCCOC(CCCC)=C(C#N)C(=O)O. The third-order valence-electron chi connectivity index (χ3n) is 2.14. The second kappa shape index (κ2) is 8.78. The molecule has 0 heterocycles. The minimum absolute atomic E-state index is 0.260. The molecule has 0 amide bonds. The summed E-state index contributed by atoms with van der Waals surface area (Å²) in [6, 6.07) is 1.69. The summed E-state index contributed by atoms with van der Waals surface area (Å²) in [4.78, 5) is 10.8. The number of rotatable bonds is 8. The minimum Gasteiger partial charge on any atom is -0.496 e. The molecule has 0 aliphatic rings. The van der Waals surface area contributed by atoms with Crippen LogP contribution in [0, 0.1) is 11.3 Å². The summed E-state index contributed by atoms with van der Waals surface area (Å²) >= 11 is 0. The highest BCUT2D eigenvalue weighted by atomic mass is 16.5. The van der Waals surface area contributed by atoms with E-state index in [0.29, 0.717) is 18.8 Å². The number of nitriles is 1. The molecular formula is C12H19NO3. The van der Waals surface area contributed by atoms with Crippen LogP contribution in [0.3, 0.4) is 0 Å². The molecule has 0 atom stereocenters. The average molecular weight is 225 g/mol.